The molecule has 0 aromatic heterocycles. The SMILES string of the molecule is CCNC(=NCc1c(OC)cc(OC)cc1OC)NCCCOCC1CCOC1. The van der Waals surface area contributed by atoms with Crippen molar-refractivity contribution in [3.05, 3.63) is 17.7 Å². The van der Waals surface area contributed by atoms with Gasteiger partial charge in [0.25, 0.3) is 0 Å². The number of hydrogen-bond acceptors (Lipinski definition) is 6. The number of nitrogens with zero attached hydrogens (tertiary/aromatic N) is 1. The van der Waals surface area contributed by atoms with E-state index in [2.05, 4.69) is 15.6 Å². The van der Waals surface area contributed by atoms with Crippen LogP contribution in [-0.2, 0) is 16.0 Å². The monoisotopic (exact) mass is 409 g/mol. The fourth-order valence-corrected chi connectivity index (χ4v) is 3.08. The van der Waals surface area contributed by atoms with E-state index in [1.165, 1.54) is 0 Å². The van der Waals surface area contributed by atoms with Crippen LogP contribution >= 0.6 is 0 Å². The summed E-state index contributed by atoms with van der Waals surface area (Å²) in [5, 5.41) is 6.61. The normalized spacial score (nSPS) is 16.6. The van der Waals surface area contributed by atoms with Gasteiger partial charge in [-0.15, -0.1) is 0 Å². The van der Waals surface area contributed by atoms with Crippen LogP contribution in [0.4, 0.5) is 0 Å². The molecule has 1 aliphatic heterocycles. The van der Waals surface area contributed by atoms with Crippen LogP contribution in [-0.4, -0.2) is 66.8 Å². The number of guanidine groups is 1. The third kappa shape index (κ3) is 7.62. The van der Waals surface area contributed by atoms with Gasteiger partial charge in [-0.3, -0.25) is 0 Å². The van der Waals surface area contributed by atoms with Crippen molar-refractivity contribution in [1.29, 1.82) is 0 Å². The Morgan fingerprint density at radius 3 is 2.48 bits per heavy atom. The molecule has 0 saturated carbocycles. The minimum Gasteiger partial charge on any atom is -0.496 e. The number of hydrogen-bond donors (Lipinski definition) is 2. The Morgan fingerprint density at radius 2 is 1.90 bits per heavy atom. The maximum absolute atomic E-state index is 5.75. The molecule has 164 valence electrons. The lowest BCUT2D eigenvalue weighted by atomic mass is 10.1. The average Bonchev–Trinajstić information content (AvgIpc) is 3.27. The van der Waals surface area contributed by atoms with Crippen LogP contribution in [0.2, 0.25) is 0 Å². The molecule has 1 aromatic carbocycles. The van der Waals surface area contributed by atoms with Gasteiger partial charge in [0.05, 0.1) is 46.7 Å². The second kappa shape index (κ2) is 13.1. The predicted octanol–water partition coefficient (Wildman–Crippen LogP) is 2.21. The van der Waals surface area contributed by atoms with Gasteiger partial charge in [-0.25, -0.2) is 4.99 Å². The maximum Gasteiger partial charge on any atom is 0.191 e. The first-order valence-corrected chi connectivity index (χ1v) is 10.2. The zero-order chi connectivity index (χ0) is 20.9. The molecule has 1 fully saturated rings. The predicted molar refractivity (Wildman–Crippen MR) is 113 cm³/mol. The molecule has 1 aliphatic rings. The van der Waals surface area contributed by atoms with Crippen molar-refractivity contribution in [2.75, 3.05) is 60.8 Å². The Labute approximate surface area is 173 Å². The lowest BCUT2D eigenvalue weighted by molar-refractivity contribution is 0.0888. The lowest BCUT2D eigenvalue weighted by Gasteiger charge is -2.15. The Balaban J connectivity index is 1.86. The molecular formula is C21H35N3O5. The standard InChI is InChI=1S/C21H35N3O5/c1-5-22-21(23-8-6-9-28-14-16-7-10-29-15-16)24-13-18-19(26-3)11-17(25-2)12-20(18)27-4/h11-12,16H,5-10,13-15H2,1-4H3,(H2,22,23,24). The molecule has 8 heteroatoms. The number of ether oxygens (including phenoxy) is 5. The highest BCUT2D eigenvalue weighted by molar-refractivity contribution is 5.79. The van der Waals surface area contributed by atoms with Crippen LogP contribution < -0.4 is 24.8 Å². The smallest absolute Gasteiger partial charge is 0.191 e. The van der Waals surface area contributed by atoms with Gasteiger partial charge in [-0.05, 0) is 19.8 Å². The van der Waals surface area contributed by atoms with Crippen molar-refractivity contribution in [2.45, 2.75) is 26.3 Å². The van der Waals surface area contributed by atoms with E-state index in [4.69, 9.17) is 23.7 Å². The van der Waals surface area contributed by atoms with Crippen molar-refractivity contribution in [3.8, 4) is 17.2 Å². The number of methoxy groups -OCH3 is 3. The van der Waals surface area contributed by atoms with Crippen molar-refractivity contribution in [3.63, 3.8) is 0 Å². The van der Waals surface area contributed by atoms with E-state index in [0.717, 1.165) is 63.9 Å². The van der Waals surface area contributed by atoms with Gasteiger partial charge in [0.15, 0.2) is 5.96 Å². The molecule has 1 heterocycles. The molecule has 0 radical (unpaired) electrons. The lowest BCUT2D eigenvalue weighted by Crippen LogP contribution is -2.38. The third-order valence-corrected chi connectivity index (χ3v) is 4.69. The molecule has 8 nitrogen and oxygen atoms in total. The minimum absolute atomic E-state index is 0.420. The molecule has 1 atom stereocenters. The molecule has 0 amide bonds. The van der Waals surface area contributed by atoms with Crippen molar-refractivity contribution >= 4 is 5.96 Å². The molecule has 0 bridgehead atoms. The van der Waals surface area contributed by atoms with Crippen LogP contribution in [0.3, 0.4) is 0 Å². The summed E-state index contributed by atoms with van der Waals surface area (Å²) in [6.45, 7) is 7.22. The van der Waals surface area contributed by atoms with Gasteiger partial charge >= 0.3 is 0 Å². The summed E-state index contributed by atoms with van der Waals surface area (Å²) < 4.78 is 27.4. The first-order valence-electron chi connectivity index (χ1n) is 10.2. The second-order valence-corrected chi connectivity index (χ2v) is 6.79. The molecule has 1 aromatic rings. The minimum atomic E-state index is 0.420. The molecule has 2 rings (SSSR count). The first-order chi connectivity index (χ1) is 14.2. The number of rotatable bonds is 12. The maximum atomic E-state index is 5.75. The largest absolute Gasteiger partial charge is 0.496 e. The van der Waals surface area contributed by atoms with E-state index in [-0.39, 0.29) is 0 Å². The average molecular weight is 410 g/mol. The van der Waals surface area contributed by atoms with Gasteiger partial charge in [0.2, 0.25) is 0 Å². The fourth-order valence-electron chi connectivity index (χ4n) is 3.08. The van der Waals surface area contributed by atoms with E-state index < -0.39 is 0 Å². The summed E-state index contributed by atoms with van der Waals surface area (Å²) in [6, 6.07) is 3.67. The van der Waals surface area contributed by atoms with Gasteiger partial charge < -0.3 is 34.3 Å². The van der Waals surface area contributed by atoms with E-state index in [0.29, 0.717) is 29.7 Å². The van der Waals surface area contributed by atoms with Crippen molar-refractivity contribution < 1.29 is 23.7 Å². The molecule has 29 heavy (non-hydrogen) atoms. The quantitative estimate of drug-likeness (QED) is 0.311. The van der Waals surface area contributed by atoms with Gasteiger partial charge in [0, 0.05) is 44.4 Å². The number of nitrogens with one attached hydrogen (secondary N) is 2. The summed E-state index contributed by atoms with van der Waals surface area (Å²) in [6.07, 6.45) is 2.01. The van der Waals surface area contributed by atoms with Gasteiger partial charge in [0.1, 0.15) is 17.2 Å². The van der Waals surface area contributed by atoms with Crippen LogP contribution in [0.15, 0.2) is 17.1 Å². The summed E-state index contributed by atoms with van der Waals surface area (Å²) in [4.78, 5) is 4.67. The molecule has 1 saturated heterocycles. The molecule has 1 unspecified atom stereocenters. The summed E-state index contributed by atoms with van der Waals surface area (Å²) >= 11 is 0. The Bertz CT molecular complexity index is 608. The Kier molecular flexibility index (Phi) is 10.4. The van der Waals surface area contributed by atoms with E-state index in [1.54, 1.807) is 21.3 Å². The molecular weight excluding hydrogens is 374 g/mol. The van der Waals surface area contributed by atoms with Gasteiger partial charge in [-0.2, -0.15) is 0 Å². The Morgan fingerprint density at radius 1 is 1.14 bits per heavy atom. The zero-order valence-electron chi connectivity index (χ0n) is 18.1. The summed E-state index contributed by atoms with van der Waals surface area (Å²) in [5.74, 6) is 3.35. The molecule has 2 N–H and O–H groups in total. The van der Waals surface area contributed by atoms with Crippen LogP contribution in [0, 0.1) is 5.92 Å². The highest BCUT2D eigenvalue weighted by Gasteiger charge is 2.15. The van der Waals surface area contributed by atoms with Crippen LogP contribution in [0.5, 0.6) is 17.2 Å². The van der Waals surface area contributed by atoms with Crippen LogP contribution in [0.25, 0.3) is 0 Å². The first kappa shape index (κ1) is 23.1. The van der Waals surface area contributed by atoms with Gasteiger partial charge in [-0.1, -0.05) is 0 Å². The topological polar surface area (TPSA) is 82.6 Å². The second-order valence-electron chi connectivity index (χ2n) is 6.79. The van der Waals surface area contributed by atoms with Crippen LogP contribution in [0.1, 0.15) is 25.3 Å². The summed E-state index contributed by atoms with van der Waals surface area (Å²) in [5.41, 5.74) is 0.870. The number of benzene rings is 1. The Hall–Kier alpha value is -2.19. The van der Waals surface area contributed by atoms with Crippen molar-refractivity contribution in [2.24, 2.45) is 10.9 Å². The van der Waals surface area contributed by atoms with E-state index >= 15 is 0 Å². The van der Waals surface area contributed by atoms with Crippen molar-refractivity contribution in [1.82, 2.24) is 10.6 Å². The third-order valence-electron chi connectivity index (χ3n) is 4.69. The molecule has 0 aliphatic carbocycles. The number of aliphatic imine (C=N–C) groups is 1. The van der Waals surface area contributed by atoms with E-state index in [9.17, 15) is 0 Å². The molecule has 0 spiro atoms. The fraction of sp³-hybridized carbons (Fsp3) is 0.667. The highest BCUT2D eigenvalue weighted by atomic mass is 16.5. The summed E-state index contributed by atoms with van der Waals surface area (Å²) in [7, 11) is 4.87. The zero-order valence-corrected chi connectivity index (χ0v) is 18.1. The van der Waals surface area contributed by atoms with E-state index in [1.807, 2.05) is 19.1 Å². The highest BCUT2D eigenvalue weighted by Crippen LogP contribution is 2.34.